The summed E-state index contributed by atoms with van der Waals surface area (Å²) in [7, 11) is 0. The summed E-state index contributed by atoms with van der Waals surface area (Å²) in [6.07, 6.45) is 12.3. The van der Waals surface area contributed by atoms with Gasteiger partial charge in [-0.3, -0.25) is 4.79 Å². The van der Waals surface area contributed by atoms with E-state index in [2.05, 4.69) is 30.4 Å². The van der Waals surface area contributed by atoms with Crippen molar-refractivity contribution in [3.63, 3.8) is 0 Å². The summed E-state index contributed by atoms with van der Waals surface area (Å²) in [6.45, 7) is 4.10. The van der Waals surface area contributed by atoms with Gasteiger partial charge in [0.1, 0.15) is 5.65 Å². The predicted octanol–water partition coefficient (Wildman–Crippen LogP) is 5.92. The van der Waals surface area contributed by atoms with Gasteiger partial charge < -0.3 is 9.72 Å². The summed E-state index contributed by atoms with van der Waals surface area (Å²) < 4.78 is 2.05. The molecule has 2 aromatic heterocycles. The number of benzene rings is 1. The van der Waals surface area contributed by atoms with Gasteiger partial charge in [0.05, 0.1) is 5.69 Å². The van der Waals surface area contributed by atoms with E-state index >= 15 is 0 Å². The van der Waals surface area contributed by atoms with Crippen molar-refractivity contribution in [3.8, 4) is 11.3 Å². The van der Waals surface area contributed by atoms with E-state index in [1.54, 1.807) is 0 Å². The number of nitrogens with zero attached hydrogens (tertiary/aromatic N) is 2. The van der Waals surface area contributed by atoms with Gasteiger partial charge in [0, 0.05) is 30.1 Å². The number of hydrogen-bond acceptors (Lipinski definition) is 2. The highest BCUT2D eigenvalue weighted by atomic mass is 16.1. The van der Waals surface area contributed by atoms with Gasteiger partial charge in [-0.05, 0) is 49.4 Å². The second kappa shape index (κ2) is 8.17. The highest BCUT2D eigenvalue weighted by Crippen LogP contribution is 2.29. The van der Waals surface area contributed by atoms with Gasteiger partial charge in [0.2, 0.25) is 5.91 Å². The Hall–Kier alpha value is -2.62. The Morgan fingerprint density at radius 1 is 1.14 bits per heavy atom. The number of anilines is 1. The molecule has 146 valence electrons. The first-order valence-corrected chi connectivity index (χ1v) is 10.5. The summed E-state index contributed by atoms with van der Waals surface area (Å²) in [5.74, 6) is 0.852. The molecule has 0 radical (unpaired) electrons. The third-order valence-corrected chi connectivity index (χ3v) is 5.99. The Balaban J connectivity index is 1.48. The van der Waals surface area contributed by atoms with Crippen molar-refractivity contribution in [1.29, 1.82) is 0 Å². The maximum atomic E-state index is 12.5. The lowest BCUT2D eigenvalue weighted by Gasteiger charge is -2.21. The van der Waals surface area contributed by atoms with Crippen molar-refractivity contribution in [3.05, 3.63) is 53.9 Å². The smallest absolute Gasteiger partial charge is 0.224 e. The van der Waals surface area contributed by atoms with Gasteiger partial charge in [-0.25, -0.2) is 4.98 Å². The first kappa shape index (κ1) is 18.7. The molecule has 1 aliphatic rings. The lowest BCUT2D eigenvalue weighted by molar-refractivity contribution is -0.116. The minimum absolute atomic E-state index is 0.122. The first-order valence-electron chi connectivity index (χ1n) is 10.5. The molecule has 1 N–H and O–H groups in total. The summed E-state index contributed by atoms with van der Waals surface area (Å²) in [5, 5.41) is 3.13. The molecular formula is C24H29N3O. The zero-order chi connectivity index (χ0) is 19.5. The molecule has 1 saturated carbocycles. The average Bonchev–Trinajstić information content (AvgIpc) is 3.15. The Morgan fingerprint density at radius 2 is 1.96 bits per heavy atom. The molecular weight excluding hydrogens is 346 g/mol. The molecule has 1 fully saturated rings. The molecule has 0 unspecified atom stereocenters. The lowest BCUT2D eigenvalue weighted by atomic mass is 9.86. The topological polar surface area (TPSA) is 46.4 Å². The number of aromatic nitrogens is 2. The molecule has 28 heavy (non-hydrogen) atoms. The SMILES string of the molecule is Cc1ccc(-c2cn3cccc(C)c3n2)cc1NC(=O)CCC1CCCCC1. The van der Waals surface area contributed by atoms with Crippen LogP contribution in [-0.2, 0) is 4.79 Å². The van der Waals surface area contributed by atoms with E-state index in [1.807, 2.05) is 35.9 Å². The van der Waals surface area contributed by atoms with Crippen LogP contribution in [0, 0.1) is 19.8 Å². The van der Waals surface area contributed by atoms with E-state index in [9.17, 15) is 4.79 Å². The maximum absolute atomic E-state index is 12.5. The Bertz CT molecular complexity index is 983. The lowest BCUT2D eigenvalue weighted by Crippen LogP contribution is -2.15. The number of aryl methyl sites for hydroxylation is 2. The molecule has 1 amide bonds. The van der Waals surface area contributed by atoms with E-state index in [1.165, 1.54) is 32.1 Å². The van der Waals surface area contributed by atoms with E-state index < -0.39 is 0 Å². The highest BCUT2D eigenvalue weighted by molar-refractivity contribution is 5.92. The van der Waals surface area contributed by atoms with Crippen LogP contribution in [-0.4, -0.2) is 15.3 Å². The Morgan fingerprint density at radius 3 is 2.75 bits per heavy atom. The van der Waals surface area contributed by atoms with Crippen LogP contribution in [0.1, 0.15) is 56.1 Å². The second-order valence-electron chi connectivity index (χ2n) is 8.17. The molecule has 4 heteroatoms. The third kappa shape index (κ3) is 4.11. The van der Waals surface area contributed by atoms with Gasteiger partial charge in [-0.2, -0.15) is 0 Å². The molecule has 0 saturated heterocycles. The molecule has 4 nitrogen and oxygen atoms in total. The number of rotatable bonds is 5. The minimum atomic E-state index is 0.122. The van der Waals surface area contributed by atoms with E-state index in [0.29, 0.717) is 6.42 Å². The quantitative estimate of drug-likeness (QED) is 0.602. The molecule has 3 aromatic rings. The number of fused-ring (bicyclic) bond motifs is 1. The van der Waals surface area contributed by atoms with Crippen molar-refractivity contribution >= 4 is 17.2 Å². The summed E-state index contributed by atoms with van der Waals surface area (Å²) >= 11 is 0. The fourth-order valence-corrected chi connectivity index (χ4v) is 4.23. The molecule has 1 aromatic carbocycles. The van der Waals surface area contributed by atoms with Crippen LogP contribution in [0.5, 0.6) is 0 Å². The van der Waals surface area contributed by atoms with Crippen molar-refractivity contribution in [2.24, 2.45) is 5.92 Å². The predicted molar refractivity (Wildman–Crippen MR) is 115 cm³/mol. The zero-order valence-electron chi connectivity index (χ0n) is 16.9. The van der Waals surface area contributed by atoms with Gasteiger partial charge in [-0.1, -0.05) is 50.3 Å². The number of carbonyl (C=O) groups excluding carboxylic acids is 1. The molecule has 4 rings (SSSR count). The summed E-state index contributed by atoms with van der Waals surface area (Å²) in [6, 6.07) is 10.3. The molecule has 0 bridgehead atoms. The number of nitrogens with one attached hydrogen (secondary N) is 1. The van der Waals surface area contributed by atoms with E-state index in [0.717, 1.165) is 46.1 Å². The minimum Gasteiger partial charge on any atom is -0.326 e. The standard InChI is InChI=1S/C24H29N3O/c1-17-10-12-20(22-16-27-14-6-7-18(2)24(27)26-22)15-21(17)25-23(28)13-11-19-8-4-3-5-9-19/h6-7,10,12,14-16,19H,3-5,8-9,11,13H2,1-2H3,(H,25,28). The van der Waals surface area contributed by atoms with Crippen LogP contribution in [0.3, 0.4) is 0 Å². The molecule has 0 atom stereocenters. The molecule has 2 heterocycles. The number of pyridine rings is 1. The van der Waals surface area contributed by atoms with Crippen LogP contribution in [0.4, 0.5) is 5.69 Å². The normalized spacial score (nSPS) is 15.1. The fraction of sp³-hybridized carbons (Fsp3) is 0.417. The summed E-state index contributed by atoms with van der Waals surface area (Å²) in [5.41, 5.74) is 6.03. The van der Waals surface area contributed by atoms with Crippen LogP contribution in [0.15, 0.2) is 42.7 Å². The van der Waals surface area contributed by atoms with Gasteiger partial charge in [-0.15, -0.1) is 0 Å². The zero-order valence-corrected chi connectivity index (χ0v) is 16.9. The van der Waals surface area contributed by atoms with Crippen LogP contribution < -0.4 is 5.32 Å². The Labute approximate surface area is 167 Å². The first-order chi connectivity index (χ1) is 13.6. The largest absolute Gasteiger partial charge is 0.326 e. The number of carbonyl (C=O) groups is 1. The number of amides is 1. The number of hydrogen-bond donors (Lipinski definition) is 1. The third-order valence-electron chi connectivity index (χ3n) is 5.99. The molecule has 0 aliphatic heterocycles. The maximum Gasteiger partial charge on any atom is 0.224 e. The Kier molecular flexibility index (Phi) is 5.47. The van der Waals surface area contributed by atoms with Gasteiger partial charge >= 0.3 is 0 Å². The van der Waals surface area contributed by atoms with Crippen LogP contribution in [0.2, 0.25) is 0 Å². The van der Waals surface area contributed by atoms with Crippen molar-refractivity contribution in [2.75, 3.05) is 5.32 Å². The fourth-order valence-electron chi connectivity index (χ4n) is 4.23. The van der Waals surface area contributed by atoms with E-state index in [4.69, 9.17) is 4.98 Å². The van der Waals surface area contributed by atoms with Gasteiger partial charge in [0.25, 0.3) is 0 Å². The highest BCUT2D eigenvalue weighted by Gasteiger charge is 2.15. The van der Waals surface area contributed by atoms with Crippen LogP contribution in [0.25, 0.3) is 16.9 Å². The summed E-state index contributed by atoms with van der Waals surface area (Å²) in [4.78, 5) is 17.3. The number of imidazole rings is 1. The van der Waals surface area contributed by atoms with Crippen molar-refractivity contribution < 1.29 is 4.79 Å². The average molecular weight is 376 g/mol. The van der Waals surface area contributed by atoms with Crippen LogP contribution >= 0.6 is 0 Å². The van der Waals surface area contributed by atoms with Gasteiger partial charge in [0.15, 0.2) is 0 Å². The van der Waals surface area contributed by atoms with Crippen molar-refractivity contribution in [1.82, 2.24) is 9.38 Å². The second-order valence-corrected chi connectivity index (χ2v) is 8.17. The van der Waals surface area contributed by atoms with Crippen molar-refractivity contribution in [2.45, 2.75) is 58.8 Å². The van der Waals surface area contributed by atoms with E-state index in [-0.39, 0.29) is 5.91 Å². The molecule has 1 aliphatic carbocycles. The monoisotopic (exact) mass is 375 g/mol. The molecule has 0 spiro atoms.